The number of ether oxygens (including phenoxy) is 5. The van der Waals surface area contributed by atoms with Crippen molar-refractivity contribution in [2.45, 2.75) is 39.5 Å². The van der Waals surface area contributed by atoms with E-state index in [4.69, 9.17) is 28.7 Å². The Balaban J connectivity index is 2.10. The van der Waals surface area contributed by atoms with Crippen molar-refractivity contribution in [2.75, 3.05) is 27.3 Å². The van der Waals surface area contributed by atoms with Gasteiger partial charge in [0.05, 0.1) is 38.1 Å². The summed E-state index contributed by atoms with van der Waals surface area (Å²) in [7, 11) is 2.76. The fourth-order valence-electron chi connectivity index (χ4n) is 3.55. The van der Waals surface area contributed by atoms with Crippen molar-refractivity contribution in [3.8, 4) is 17.6 Å². The number of aliphatic imine (C=N–C) groups is 2. The van der Waals surface area contributed by atoms with Crippen LogP contribution in [0.5, 0.6) is 11.5 Å². The summed E-state index contributed by atoms with van der Waals surface area (Å²) in [5.74, 6) is 1.04. The van der Waals surface area contributed by atoms with Crippen LogP contribution >= 0.6 is 11.8 Å². The number of amides is 2. The van der Waals surface area contributed by atoms with E-state index >= 15 is 0 Å². The molecule has 2 amide bonds. The van der Waals surface area contributed by atoms with Crippen LogP contribution in [0.3, 0.4) is 0 Å². The number of carbonyl (C=O) groups is 2. The van der Waals surface area contributed by atoms with E-state index in [0.717, 1.165) is 5.56 Å². The number of fused-ring (bicyclic) bond motifs is 1. The lowest BCUT2D eigenvalue weighted by atomic mass is 10.0. The number of thioether (sulfide) groups is 1. The summed E-state index contributed by atoms with van der Waals surface area (Å²) in [6.45, 7) is 5.73. The van der Waals surface area contributed by atoms with Gasteiger partial charge in [-0.25, -0.2) is 14.6 Å². The van der Waals surface area contributed by atoms with Gasteiger partial charge in [-0.1, -0.05) is 0 Å². The number of carbonyl (C=O) groups excluding carboxylic acids is 2. The Kier molecular flexibility index (Phi) is 9.92. The van der Waals surface area contributed by atoms with Gasteiger partial charge >= 0.3 is 12.2 Å². The van der Waals surface area contributed by atoms with Crippen molar-refractivity contribution in [3.05, 3.63) is 52.6 Å². The molecule has 0 unspecified atom stereocenters. The van der Waals surface area contributed by atoms with Crippen LogP contribution < -0.4 is 14.8 Å². The maximum atomic E-state index is 12.2. The first kappa shape index (κ1) is 29.5. The molecular formula is C27H30N4O7S. The van der Waals surface area contributed by atoms with Gasteiger partial charge in [-0.3, -0.25) is 0 Å². The molecule has 0 aromatic heterocycles. The topological polar surface area (TPSA) is 141 Å². The SMILES string of the molecule is COC(=O)N=C(SC)C(=Nc1ccc(C#N)c(CNC(=O)OC(C)(C)C)c1)c1cc2c(c(OC)c1)OCOC2. The average molecular weight is 555 g/mol. The van der Waals surface area contributed by atoms with E-state index in [2.05, 4.69) is 16.4 Å². The second-order valence-corrected chi connectivity index (χ2v) is 9.93. The zero-order valence-corrected chi connectivity index (χ0v) is 23.4. The highest BCUT2D eigenvalue weighted by Crippen LogP contribution is 2.36. The van der Waals surface area contributed by atoms with Crippen LogP contribution in [0.4, 0.5) is 15.3 Å². The second-order valence-electron chi connectivity index (χ2n) is 9.14. The number of rotatable bonds is 6. The molecule has 0 spiro atoms. The number of alkyl carbamates (subject to hydrolysis) is 1. The Morgan fingerprint density at radius 3 is 2.62 bits per heavy atom. The first-order valence-electron chi connectivity index (χ1n) is 11.8. The van der Waals surface area contributed by atoms with Crippen molar-refractivity contribution in [2.24, 2.45) is 9.98 Å². The smallest absolute Gasteiger partial charge is 0.434 e. The lowest BCUT2D eigenvalue weighted by Crippen LogP contribution is -2.32. The average Bonchev–Trinajstić information content (AvgIpc) is 2.92. The third kappa shape index (κ3) is 7.95. The quantitative estimate of drug-likeness (QED) is 0.381. The molecule has 2 aromatic rings. The molecule has 0 radical (unpaired) electrons. The summed E-state index contributed by atoms with van der Waals surface area (Å²) in [5, 5.41) is 12.6. The molecule has 3 rings (SSSR count). The number of hydrogen-bond acceptors (Lipinski definition) is 10. The van der Waals surface area contributed by atoms with Crippen molar-refractivity contribution >= 4 is 40.4 Å². The van der Waals surface area contributed by atoms with Crippen LogP contribution in [0, 0.1) is 11.3 Å². The van der Waals surface area contributed by atoms with E-state index in [1.807, 2.05) is 6.07 Å². The van der Waals surface area contributed by atoms with Gasteiger partial charge in [0.1, 0.15) is 16.4 Å². The summed E-state index contributed by atoms with van der Waals surface area (Å²) < 4.78 is 26.6. The minimum absolute atomic E-state index is 0.0451. The molecule has 12 heteroatoms. The first-order chi connectivity index (χ1) is 18.6. The van der Waals surface area contributed by atoms with Crippen LogP contribution in [0.2, 0.25) is 0 Å². The van der Waals surface area contributed by atoms with Gasteiger partial charge < -0.3 is 29.0 Å². The lowest BCUT2D eigenvalue weighted by Gasteiger charge is -2.21. The van der Waals surface area contributed by atoms with Gasteiger partial charge in [-0.15, -0.1) is 11.8 Å². The Morgan fingerprint density at radius 1 is 1.21 bits per heavy atom. The Hall–Kier alpha value is -4.08. The number of methoxy groups -OCH3 is 2. The summed E-state index contributed by atoms with van der Waals surface area (Å²) in [6.07, 6.45) is 0.362. The lowest BCUT2D eigenvalue weighted by molar-refractivity contribution is -0.0180. The Labute approximate surface area is 231 Å². The van der Waals surface area contributed by atoms with Crippen LogP contribution in [0.15, 0.2) is 40.3 Å². The predicted molar refractivity (Wildman–Crippen MR) is 147 cm³/mol. The molecule has 0 saturated carbocycles. The molecule has 1 heterocycles. The second kappa shape index (κ2) is 13.1. The highest BCUT2D eigenvalue weighted by Gasteiger charge is 2.22. The van der Waals surface area contributed by atoms with Gasteiger partial charge in [0.15, 0.2) is 18.3 Å². The minimum atomic E-state index is -0.786. The number of benzene rings is 2. The summed E-state index contributed by atoms with van der Waals surface area (Å²) in [6, 6.07) is 10.6. The third-order valence-corrected chi connectivity index (χ3v) is 5.88. The molecular weight excluding hydrogens is 524 g/mol. The van der Waals surface area contributed by atoms with Crippen molar-refractivity contribution < 1.29 is 33.3 Å². The summed E-state index contributed by atoms with van der Waals surface area (Å²) >= 11 is 1.21. The van der Waals surface area contributed by atoms with E-state index in [1.54, 1.807) is 51.3 Å². The molecule has 39 heavy (non-hydrogen) atoms. The van der Waals surface area contributed by atoms with Crippen LogP contribution in [0.25, 0.3) is 0 Å². The van der Waals surface area contributed by atoms with E-state index in [-0.39, 0.29) is 13.3 Å². The van der Waals surface area contributed by atoms with E-state index < -0.39 is 17.8 Å². The van der Waals surface area contributed by atoms with E-state index in [0.29, 0.717) is 51.2 Å². The first-order valence-corrected chi connectivity index (χ1v) is 13.0. The number of hydrogen-bond donors (Lipinski definition) is 1. The van der Waals surface area contributed by atoms with E-state index in [1.165, 1.54) is 26.0 Å². The molecule has 0 atom stereocenters. The van der Waals surface area contributed by atoms with Crippen LogP contribution in [0.1, 0.15) is 43.0 Å². The molecule has 1 aliphatic heterocycles. The molecule has 206 valence electrons. The Morgan fingerprint density at radius 2 is 1.97 bits per heavy atom. The van der Waals surface area contributed by atoms with Crippen LogP contribution in [-0.4, -0.2) is 55.8 Å². The molecule has 2 aromatic carbocycles. The van der Waals surface area contributed by atoms with Crippen LogP contribution in [-0.2, 0) is 27.4 Å². The standard InChI is InChI=1S/C27H30N4O7S/c1-27(2,3)38-25(32)29-13-18-10-20(8-7-16(18)12-28)30-22(24(39-6)31-26(33)35-5)17-9-19-14-36-15-37-23(19)21(11-17)34-4/h7-11H,13-15H2,1-6H3,(H,29,32). The largest absolute Gasteiger partial charge is 0.493 e. The monoisotopic (exact) mass is 554 g/mol. The summed E-state index contributed by atoms with van der Waals surface area (Å²) in [5.41, 5.74) is 2.38. The number of nitriles is 1. The Bertz CT molecular complexity index is 1330. The predicted octanol–water partition coefficient (Wildman–Crippen LogP) is 5.11. The molecule has 1 N–H and O–H groups in total. The van der Waals surface area contributed by atoms with Crippen molar-refractivity contribution in [1.29, 1.82) is 5.26 Å². The molecule has 11 nitrogen and oxygen atoms in total. The van der Waals surface area contributed by atoms with Crippen molar-refractivity contribution in [3.63, 3.8) is 0 Å². The fourth-order valence-corrected chi connectivity index (χ4v) is 4.07. The molecule has 0 saturated heterocycles. The van der Waals surface area contributed by atoms with E-state index in [9.17, 15) is 14.9 Å². The van der Waals surface area contributed by atoms with Crippen molar-refractivity contribution in [1.82, 2.24) is 5.32 Å². The highest BCUT2D eigenvalue weighted by atomic mass is 32.2. The number of nitrogens with zero attached hydrogens (tertiary/aromatic N) is 3. The number of nitrogens with one attached hydrogen (secondary N) is 1. The molecule has 0 bridgehead atoms. The molecule has 0 aliphatic carbocycles. The third-order valence-electron chi connectivity index (χ3n) is 5.20. The minimum Gasteiger partial charge on any atom is -0.493 e. The molecule has 1 aliphatic rings. The maximum absolute atomic E-state index is 12.2. The highest BCUT2D eigenvalue weighted by molar-refractivity contribution is 8.15. The van der Waals surface area contributed by atoms with Gasteiger partial charge in [0, 0.05) is 17.7 Å². The maximum Gasteiger partial charge on any atom is 0.434 e. The van der Waals surface area contributed by atoms with Gasteiger partial charge in [-0.2, -0.15) is 10.3 Å². The normalized spacial score (nSPS) is 13.5. The van der Waals surface area contributed by atoms with Gasteiger partial charge in [-0.05, 0) is 62.9 Å². The zero-order valence-electron chi connectivity index (χ0n) is 22.6. The molecule has 0 fully saturated rings. The zero-order chi connectivity index (χ0) is 28.6. The fraction of sp³-hybridized carbons (Fsp3) is 0.370. The van der Waals surface area contributed by atoms with Gasteiger partial charge in [0.25, 0.3) is 0 Å². The van der Waals surface area contributed by atoms with Gasteiger partial charge in [0.2, 0.25) is 0 Å². The summed E-state index contributed by atoms with van der Waals surface area (Å²) in [4.78, 5) is 33.1.